The molecule has 226 valence electrons. The first-order chi connectivity index (χ1) is 18.8. The van der Waals surface area contributed by atoms with Gasteiger partial charge in [0.15, 0.2) is 5.78 Å². The number of anilines is 1. The van der Waals surface area contributed by atoms with E-state index in [4.69, 9.17) is 20.8 Å². The number of nitrogens with two attached hydrogens (primary N) is 2. The van der Waals surface area contributed by atoms with E-state index in [2.05, 4.69) is 5.32 Å². The molecule has 6 N–H and O–H groups in total. The van der Waals surface area contributed by atoms with Gasteiger partial charge in [-0.1, -0.05) is 13.8 Å². The highest BCUT2D eigenvalue weighted by Gasteiger charge is 2.43. The van der Waals surface area contributed by atoms with Gasteiger partial charge in [0.05, 0.1) is 35.5 Å². The number of amides is 1. The molecule has 1 aromatic carbocycles. The highest BCUT2D eigenvalue weighted by molar-refractivity contribution is 7.85. The summed E-state index contributed by atoms with van der Waals surface area (Å²) < 4.78 is 74.3. The first kappa shape index (κ1) is 32.1. The molecule has 0 aliphatic heterocycles. The molecule has 0 saturated heterocycles. The van der Waals surface area contributed by atoms with Gasteiger partial charge in [-0.15, -0.1) is 0 Å². The van der Waals surface area contributed by atoms with Crippen molar-refractivity contribution in [2.75, 3.05) is 18.1 Å². The number of esters is 1. The number of hydrogen-bond acceptors (Lipinski definition) is 8. The average molecular weight is 603 g/mol. The summed E-state index contributed by atoms with van der Waals surface area (Å²) >= 11 is 0. The number of nitrogens with one attached hydrogen (secondary N) is 1. The van der Waals surface area contributed by atoms with E-state index in [9.17, 15) is 36.0 Å². The molecule has 1 saturated carbocycles. The van der Waals surface area contributed by atoms with Crippen molar-refractivity contribution < 1.29 is 45.3 Å². The largest absolute Gasteiger partial charge is 0.459 e. The summed E-state index contributed by atoms with van der Waals surface area (Å²) in [7, 11) is -3.67. The topological polar surface area (TPSA) is 184 Å². The lowest BCUT2D eigenvalue weighted by Crippen LogP contribution is -2.35. The summed E-state index contributed by atoms with van der Waals surface area (Å²) in [6.07, 6.45) is -1.22. The number of halogens is 3. The summed E-state index contributed by atoms with van der Waals surface area (Å²) in [5.74, 6) is -1.82. The highest BCUT2D eigenvalue weighted by Crippen LogP contribution is 2.43. The number of fused-ring (bicyclic) bond motifs is 1. The SMILES string of the molecule is CC1(C)CC(=O)c2c(C(F)(F)F)cn(-c3ccc(C(N)=O)c(N[C@H]4CCC[C@@H]4OC(=O)CN)c3)c2C1.CS(=O)(=O)O. The van der Waals surface area contributed by atoms with Gasteiger partial charge in [0, 0.05) is 29.7 Å². The summed E-state index contributed by atoms with van der Waals surface area (Å²) in [5, 5.41) is 3.20. The minimum absolute atomic E-state index is 0.0189. The Bertz CT molecular complexity index is 1440. The molecule has 15 heteroatoms. The van der Waals surface area contributed by atoms with Crippen molar-refractivity contribution in [2.45, 2.75) is 64.3 Å². The Hall–Kier alpha value is -3.43. The maximum Gasteiger partial charge on any atom is 0.418 e. The molecule has 0 bridgehead atoms. The number of ketones is 1. The van der Waals surface area contributed by atoms with Crippen molar-refractivity contribution >= 4 is 33.5 Å². The van der Waals surface area contributed by atoms with E-state index in [1.807, 2.05) is 13.8 Å². The number of nitrogens with zero attached hydrogens (tertiary/aromatic N) is 1. The molecule has 1 aromatic heterocycles. The maximum atomic E-state index is 13.9. The molecular weight excluding hydrogens is 569 g/mol. The highest BCUT2D eigenvalue weighted by atomic mass is 32.2. The maximum absolute atomic E-state index is 13.9. The van der Waals surface area contributed by atoms with Crippen LogP contribution in [0.4, 0.5) is 18.9 Å². The average Bonchev–Trinajstić information content (AvgIpc) is 3.41. The van der Waals surface area contributed by atoms with Crippen molar-refractivity contribution in [3.63, 3.8) is 0 Å². The van der Waals surface area contributed by atoms with Crippen LogP contribution in [0.5, 0.6) is 0 Å². The second-order valence-corrected chi connectivity index (χ2v) is 12.4. The minimum Gasteiger partial charge on any atom is -0.459 e. The standard InChI is InChI=1S/C25H29F3N4O4.CH4O3S/c1-24(2)9-18-22(19(33)10-24)15(25(26,27)28)12-32(18)13-6-7-14(23(30)35)17(8-13)31-16-4-3-5-20(16)36-21(34)11-29;1-5(2,3)4/h6-8,12,16,20,31H,3-5,9-11,29H2,1-2H3,(H2,30,35);1H3,(H,2,3,4)/t16-,20-;/m0./s1. The van der Waals surface area contributed by atoms with Gasteiger partial charge >= 0.3 is 12.1 Å². The smallest absolute Gasteiger partial charge is 0.418 e. The first-order valence-electron chi connectivity index (χ1n) is 12.7. The van der Waals surface area contributed by atoms with Crippen molar-refractivity contribution in [3.8, 4) is 5.69 Å². The van der Waals surface area contributed by atoms with E-state index >= 15 is 0 Å². The van der Waals surface area contributed by atoms with Gasteiger partial charge in [-0.2, -0.15) is 21.6 Å². The molecule has 0 unspecified atom stereocenters. The Balaban J connectivity index is 0.000000850. The lowest BCUT2D eigenvalue weighted by molar-refractivity contribution is -0.147. The van der Waals surface area contributed by atoms with Crippen LogP contribution < -0.4 is 16.8 Å². The molecule has 0 spiro atoms. The van der Waals surface area contributed by atoms with Gasteiger partial charge < -0.3 is 26.1 Å². The minimum atomic E-state index is -4.70. The van der Waals surface area contributed by atoms with Crippen LogP contribution in [0.1, 0.15) is 71.5 Å². The number of benzene rings is 1. The van der Waals surface area contributed by atoms with Crippen LogP contribution in [0.15, 0.2) is 24.4 Å². The summed E-state index contributed by atoms with van der Waals surface area (Å²) in [6.45, 7) is 3.41. The van der Waals surface area contributed by atoms with Gasteiger partial charge in [0.25, 0.3) is 16.0 Å². The number of ether oxygens (including phenoxy) is 1. The van der Waals surface area contributed by atoms with E-state index in [0.717, 1.165) is 12.6 Å². The predicted octanol–water partition coefficient (Wildman–Crippen LogP) is 3.09. The Morgan fingerprint density at radius 1 is 1.22 bits per heavy atom. The van der Waals surface area contributed by atoms with Crippen molar-refractivity contribution in [1.29, 1.82) is 0 Å². The number of aromatic nitrogens is 1. The van der Waals surface area contributed by atoms with Gasteiger partial charge in [0.2, 0.25) is 0 Å². The normalized spacial score (nSPS) is 20.0. The van der Waals surface area contributed by atoms with Gasteiger partial charge in [-0.25, -0.2) is 0 Å². The Morgan fingerprint density at radius 2 is 1.85 bits per heavy atom. The molecule has 2 atom stereocenters. The number of alkyl halides is 3. The summed E-state index contributed by atoms with van der Waals surface area (Å²) in [5.41, 5.74) is 10.2. The third kappa shape index (κ3) is 8.07. The fraction of sp³-hybridized carbons (Fsp3) is 0.500. The van der Waals surface area contributed by atoms with Crippen LogP contribution in [0.2, 0.25) is 0 Å². The number of carbonyl (C=O) groups excluding carboxylic acids is 3. The van der Waals surface area contributed by atoms with Crippen LogP contribution in [0, 0.1) is 5.41 Å². The predicted molar refractivity (Wildman–Crippen MR) is 143 cm³/mol. The van der Waals surface area contributed by atoms with E-state index in [1.165, 1.54) is 22.8 Å². The van der Waals surface area contributed by atoms with E-state index in [-0.39, 0.29) is 42.2 Å². The molecule has 4 rings (SSSR count). The summed E-state index contributed by atoms with van der Waals surface area (Å²) in [4.78, 5) is 36.6. The van der Waals surface area contributed by atoms with E-state index in [0.29, 0.717) is 30.5 Å². The molecule has 0 radical (unpaired) electrons. The van der Waals surface area contributed by atoms with E-state index < -0.39 is 51.0 Å². The monoisotopic (exact) mass is 602 g/mol. The molecular formula is C26H33F3N4O7S. The van der Waals surface area contributed by atoms with Crippen LogP contribution in [0.3, 0.4) is 0 Å². The van der Waals surface area contributed by atoms with Crippen LogP contribution in [-0.2, 0) is 32.2 Å². The Labute approximate surface area is 235 Å². The lowest BCUT2D eigenvalue weighted by atomic mass is 9.75. The third-order valence-corrected chi connectivity index (χ3v) is 6.77. The number of hydrogen-bond donors (Lipinski definition) is 4. The Morgan fingerprint density at radius 3 is 2.41 bits per heavy atom. The van der Waals surface area contributed by atoms with Crippen molar-refractivity contribution in [2.24, 2.45) is 16.9 Å². The molecule has 1 heterocycles. The zero-order valence-corrected chi connectivity index (χ0v) is 23.6. The van der Waals surface area contributed by atoms with Crippen molar-refractivity contribution in [3.05, 3.63) is 46.8 Å². The number of primary amides is 1. The fourth-order valence-electron chi connectivity index (χ4n) is 5.18. The van der Waals surface area contributed by atoms with Gasteiger partial charge in [0.1, 0.15) is 6.10 Å². The summed E-state index contributed by atoms with van der Waals surface area (Å²) in [6, 6.07) is 4.13. The molecule has 1 amide bonds. The van der Waals surface area contributed by atoms with Crippen LogP contribution in [0.25, 0.3) is 5.69 Å². The van der Waals surface area contributed by atoms with Gasteiger partial charge in [-0.3, -0.25) is 18.9 Å². The first-order valence-corrected chi connectivity index (χ1v) is 14.5. The Kier molecular flexibility index (Phi) is 9.25. The molecule has 41 heavy (non-hydrogen) atoms. The molecule has 2 aliphatic carbocycles. The fourth-order valence-corrected chi connectivity index (χ4v) is 5.18. The molecule has 11 nitrogen and oxygen atoms in total. The van der Waals surface area contributed by atoms with Crippen LogP contribution >= 0.6 is 0 Å². The second kappa shape index (κ2) is 11.8. The zero-order chi connectivity index (χ0) is 30.9. The van der Waals surface area contributed by atoms with Crippen molar-refractivity contribution in [1.82, 2.24) is 4.57 Å². The number of Topliss-reactive ketones (excluding diaryl/α,β-unsaturated/α-hetero) is 1. The quantitative estimate of drug-likeness (QED) is 0.285. The second-order valence-electron chi connectivity index (χ2n) is 10.9. The zero-order valence-electron chi connectivity index (χ0n) is 22.7. The number of rotatable bonds is 6. The number of carbonyl (C=O) groups is 3. The van der Waals surface area contributed by atoms with Crippen LogP contribution in [-0.4, -0.2) is 60.1 Å². The molecule has 1 fully saturated rings. The molecule has 2 aliphatic rings. The molecule has 2 aromatic rings. The lowest BCUT2D eigenvalue weighted by Gasteiger charge is -2.30. The third-order valence-electron chi connectivity index (χ3n) is 6.77. The van der Waals surface area contributed by atoms with Gasteiger partial charge in [-0.05, 0) is 49.3 Å². The van der Waals surface area contributed by atoms with E-state index in [1.54, 1.807) is 0 Å².